The van der Waals surface area contributed by atoms with E-state index >= 15 is 0 Å². The summed E-state index contributed by atoms with van der Waals surface area (Å²) in [4.78, 5) is 22.0. The Balaban J connectivity index is 3.19. The number of carbonyl (C=O) groups excluding carboxylic acids is 2. The van der Waals surface area contributed by atoms with E-state index in [1.807, 2.05) is 0 Å². The van der Waals surface area contributed by atoms with Gasteiger partial charge in [0.05, 0.1) is 5.92 Å². The predicted octanol–water partition coefficient (Wildman–Crippen LogP) is 0.119. The van der Waals surface area contributed by atoms with Gasteiger partial charge in [-0.3, -0.25) is 14.9 Å². The lowest BCUT2D eigenvalue weighted by Crippen LogP contribution is -2.40. The van der Waals surface area contributed by atoms with Crippen molar-refractivity contribution >= 4 is 11.8 Å². The average molecular weight is 164 g/mol. The van der Waals surface area contributed by atoms with E-state index in [4.69, 9.17) is 5.26 Å². The molecular formula is C8H8N2O2. The Labute approximate surface area is 69.9 Å². The highest BCUT2D eigenvalue weighted by Gasteiger charge is 2.28. The van der Waals surface area contributed by atoms with Gasteiger partial charge in [0.15, 0.2) is 0 Å². The third kappa shape index (κ3) is 1.10. The molecule has 0 aromatic rings. The van der Waals surface area contributed by atoms with Gasteiger partial charge in [-0.15, -0.1) is 0 Å². The Morgan fingerprint density at radius 2 is 2.08 bits per heavy atom. The summed E-state index contributed by atoms with van der Waals surface area (Å²) < 4.78 is 0. The van der Waals surface area contributed by atoms with Crippen molar-refractivity contribution in [3.63, 3.8) is 0 Å². The number of carbonyl (C=O) groups is 2. The lowest BCUT2D eigenvalue weighted by Gasteiger charge is -2.18. The second-order valence-corrected chi connectivity index (χ2v) is 2.71. The van der Waals surface area contributed by atoms with E-state index < -0.39 is 5.91 Å². The second-order valence-electron chi connectivity index (χ2n) is 2.71. The number of hydrogen-bond acceptors (Lipinski definition) is 3. The van der Waals surface area contributed by atoms with E-state index in [2.05, 4.69) is 5.32 Å². The third-order valence-corrected chi connectivity index (χ3v) is 2.01. The number of nitrogens with zero attached hydrogens (tertiary/aromatic N) is 1. The molecule has 4 nitrogen and oxygen atoms in total. The van der Waals surface area contributed by atoms with E-state index in [1.165, 1.54) is 0 Å². The SMILES string of the molecule is CC1=C(C#N)C(=O)NC(=O)C1C. The van der Waals surface area contributed by atoms with E-state index in [9.17, 15) is 9.59 Å². The summed E-state index contributed by atoms with van der Waals surface area (Å²) in [6.45, 7) is 3.29. The van der Waals surface area contributed by atoms with Crippen LogP contribution in [0, 0.1) is 17.2 Å². The van der Waals surface area contributed by atoms with Gasteiger partial charge in [0.1, 0.15) is 11.6 Å². The third-order valence-electron chi connectivity index (χ3n) is 2.01. The monoisotopic (exact) mass is 164 g/mol. The summed E-state index contributed by atoms with van der Waals surface area (Å²) >= 11 is 0. The predicted molar refractivity (Wildman–Crippen MR) is 40.6 cm³/mol. The van der Waals surface area contributed by atoms with Crippen molar-refractivity contribution in [1.29, 1.82) is 5.26 Å². The molecule has 2 amide bonds. The van der Waals surface area contributed by atoms with Gasteiger partial charge in [0, 0.05) is 0 Å². The normalized spacial score (nSPS) is 23.6. The molecule has 12 heavy (non-hydrogen) atoms. The summed E-state index contributed by atoms with van der Waals surface area (Å²) in [5.41, 5.74) is 0.605. The quantitative estimate of drug-likeness (QED) is 0.517. The van der Waals surface area contributed by atoms with Crippen molar-refractivity contribution in [2.24, 2.45) is 5.92 Å². The largest absolute Gasteiger partial charge is 0.291 e. The fraction of sp³-hybridized carbons (Fsp3) is 0.375. The Bertz CT molecular complexity index is 322. The van der Waals surface area contributed by atoms with Gasteiger partial charge in [-0.2, -0.15) is 5.26 Å². The molecular weight excluding hydrogens is 156 g/mol. The molecule has 62 valence electrons. The van der Waals surface area contributed by atoms with Gasteiger partial charge in [0.2, 0.25) is 5.91 Å². The van der Waals surface area contributed by atoms with Crippen LogP contribution in [0.1, 0.15) is 13.8 Å². The summed E-state index contributed by atoms with van der Waals surface area (Å²) in [7, 11) is 0. The summed E-state index contributed by atoms with van der Waals surface area (Å²) in [6.07, 6.45) is 0. The number of amides is 2. The number of nitriles is 1. The molecule has 0 saturated heterocycles. The Hall–Kier alpha value is -1.63. The number of imide groups is 1. The fourth-order valence-corrected chi connectivity index (χ4v) is 1.01. The standard InChI is InChI=1S/C8H8N2O2/c1-4-5(2)7(11)10-8(12)6(4)3-9/h5H,1-2H3,(H,10,11,12). The van der Waals surface area contributed by atoms with Crippen LogP contribution in [0.4, 0.5) is 0 Å². The molecule has 1 atom stereocenters. The first-order chi connectivity index (χ1) is 5.57. The van der Waals surface area contributed by atoms with E-state index in [0.717, 1.165) is 0 Å². The zero-order valence-corrected chi connectivity index (χ0v) is 6.84. The molecule has 1 unspecified atom stereocenters. The van der Waals surface area contributed by atoms with E-state index in [-0.39, 0.29) is 17.4 Å². The van der Waals surface area contributed by atoms with E-state index in [1.54, 1.807) is 19.9 Å². The van der Waals surface area contributed by atoms with Crippen molar-refractivity contribution in [2.75, 3.05) is 0 Å². The molecule has 1 heterocycles. The zero-order valence-electron chi connectivity index (χ0n) is 6.84. The van der Waals surface area contributed by atoms with Crippen LogP contribution in [-0.2, 0) is 9.59 Å². The van der Waals surface area contributed by atoms with Crippen molar-refractivity contribution in [1.82, 2.24) is 5.32 Å². The molecule has 0 aliphatic carbocycles. The first-order valence-corrected chi connectivity index (χ1v) is 3.54. The van der Waals surface area contributed by atoms with Gasteiger partial charge in [-0.05, 0) is 19.4 Å². The molecule has 0 saturated carbocycles. The number of rotatable bonds is 0. The minimum absolute atomic E-state index is 0.0575. The molecule has 0 radical (unpaired) electrons. The molecule has 1 rings (SSSR count). The first kappa shape index (κ1) is 8.47. The molecule has 1 N–H and O–H groups in total. The Kier molecular flexibility index (Phi) is 1.96. The molecule has 1 aliphatic heterocycles. The molecule has 4 heteroatoms. The van der Waals surface area contributed by atoms with Crippen LogP contribution in [0.5, 0.6) is 0 Å². The maximum atomic E-state index is 11.0. The maximum absolute atomic E-state index is 11.0. The molecule has 0 fully saturated rings. The number of hydrogen-bond donors (Lipinski definition) is 1. The van der Waals surface area contributed by atoms with Gasteiger partial charge in [-0.25, -0.2) is 0 Å². The van der Waals surface area contributed by atoms with E-state index in [0.29, 0.717) is 5.57 Å². The van der Waals surface area contributed by atoms with Crippen molar-refractivity contribution in [2.45, 2.75) is 13.8 Å². The van der Waals surface area contributed by atoms with Crippen molar-refractivity contribution in [3.05, 3.63) is 11.1 Å². The lowest BCUT2D eigenvalue weighted by molar-refractivity contribution is -0.131. The van der Waals surface area contributed by atoms with Gasteiger partial charge in [0.25, 0.3) is 5.91 Å². The Morgan fingerprint density at radius 3 is 2.58 bits per heavy atom. The van der Waals surface area contributed by atoms with Crippen LogP contribution in [-0.4, -0.2) is 11.8 Å². The summed E-state index contributed by atoms with van der Waals surface area (Å²) in [5.74, 6) is -1.30. The molecule has 1 aliphatic rings. The molecule has 0 bridgehead atoms. The van der Waals surface area contributed by atoms with Crippen LogP contribution in [0.25, 0.3) is 0 Å². The smallest absolute Gasteiger partial charge is 0.268 e. The highest BCUT2D eigenvalue weighted by Crippen LogP contribution is 2.18. The van der Waals surface area contributed by atoms with Crippen LogP contribution >= 0.6 is 0 Å². The summed E-state index contributed by atoms with van der Waals surface area (Å²) in [6, 6.07) is 1.77. The van der Waals surface area contributed by atoms with Gasteiger partial charge in [-0.1, -0.05) is 0 Å². The molecule has 0 aromatic carbocycles. The van der Waals surface area contributed by atoms with Gasteiger partial charge < -0.3 is 0 Å². The highest BCUT2D eigenvalue weighted by atomic mass is 16.2. The van der Waals surface area contributed by atoms with Crippen LogP contribution in [0.2, 0.25) is 0 Å². The summed E-state index contributed by atoms with van der Waals surface area (Å²) in [5, 5.41) is 10.7. The zero-order chi connectivity index (χ0) is 9.30. The topological polar surface area (TPSA) is 70.0 Å². The lowest BCUT2D eigenvalue weighted by atomic mass is 9.93. The maximum Gasteiger partial charge on any atom is 0.268 e. The molecule has 0 aromatic heterocycles. The fourth-order valence-electron chi connectivity index (χ4n) is 1.01. The van der Waals surface area contributed by atoms with Crippen LogP contribution in [0.15, 0.2) is 11.1 Å². The molecule has 0 spiro atoms. The van der Waals surface area contributed by atoms with Crippen LogP contribution in [0.3, 0.4) is 0 Å². The minimum Gasteiger partial charge on any atom is -0.291 e. The highest BCUT2D eigenvalue weighted by molar-refractivity contribution is 6.11. The minimum atomic E-state index is -0.585. The average Bonchev–Trinajstić information content (AvgIpc) is 2.01. The van der Waals surface area contributed by atoms with Crippen molar-refractivity contribution in [3.8, 4) is 6.07 Å². The van der Waals surface area contributed by atoms with Crippen LogP contribution < -0.4 is 5.32 Å². The Morgan fingerprint density at radius 1 is 1.50 bits per heavy atom. The second kappa shape index (κ2) is 2.78. The van der Waals surface area contributed by atoms with Gasteiger partial charge >= 0.3 is 0 Å². The number of nitrogens with one attached hydrogen (secondary N) is 1. The van der Waals surface area contributed by atoms with Crippen molar-refractivity contribution < 1.29 is 9.59 Å². The first-order valence-electron chi connectivity index (χ1n) is 3.54.